The standard InChI is InChI=1S/C12H12N2O2/c13-6-8-16-12(15)10-5-1-3-9-4-2-7-14-11(9)10/h1-5,7H,6,8,13H2. The van der Waals surface area contributed by atoms with E-state index in [4.69, 9.17) is 10.5 Å². The highest BCUT2D eigenvalue weighted by molar-refractivity contribution is 6.02. The summed E-state index contributed by atoms with van der Waals surface area (Å²) in [7, 11) is 0. The lowest BCUT2D eigenvalue weighted by atomic mass is 10.1. The van der Waals surface area contributed by atoms with Crippen molar-refractivity contribution in [2.45, 2.75) is 0 Å². The van der Waals surface area contributed by atoms with Gasteiger partial charge in [-0.3, -0.25) is 4.98 Å². The first-order valence-electron chi connectivity index (χ1n) is 5.04. The van der Waals surface area contributed by atoms with Crippen LogP contribution in [0, 0.1) is 0 Å². The Morgan fingerprint density at radius 2 is 2.12 bits per heavy atom. The fourth-order valence-electron chi connectivity index (χ4n) is 1.50. The molecule has 0 radical (unpaired) electrons. The molecule has 2 rings (SSSR count). The Bertz CT molecular complexity index is 506. The maximum Gasteiger partial charge on any atom is 0.340 e. The fraction of sp³-hybridized carbons (Fsp3) is 0.167. The van der Waals surface area contributed by atoms with Gasteiger partial charge >= 0.3 is 5.97 Å². The van der Waals surface area contributed by atoms with Gasteiger partial charge in [0.1, 0.15) is 6.61 Å². The van der Waals surface area contributed by atoms with Crippen LogP contribution in [-0.4, -0.2) is 24.1 Å². The average molecular weight is 216 g/mol. The largest absolute Gasteiger partial charge is 0.461 e. The normalized spacial score (nSPS) is 10.3. The minimum absolute atomic E-state index is 0.224. The van der Waals surface area contributed by atoms with Crippen molar-refractivity contribution in [3.63, 3.8) is 0 Å². The van der Waals surface area contributed by atoms with Crippen molar-refractivity contribution in [3.05, 3.63) is 42.1 Å². The third-order valence-corrected chi connectivity index (χ3v) is 2.20. The third-order valence-electron chi connectivity index (χ3n) is 2.20. The number of hydrogen-bond donors (Lipinski definition) is 1. The molecule has 0 bridgehead atoms. The number of carbonyl (C=O) groups is 1. The SMILES string of the molecule is NCCOC(=O)c1cccc2cccnc12. The molecule has 0 saturated heterocycles. The lowest BCUT2D eigenvalue weighted by Gasteiger charge is -2.05. The van der Waals surface area contributed by atoms with Gasteiger partial charge in [-0.1, -0.05) is 18.2 Å². The number of fused-ring (bicyclic) bond motifs is 1. The predicted molar refractivity (Wildman–Crippen MR) is 61.1 cm³/mol. The fourth-order valence-corrected chi connectivity index (χ4v) is 1.50. The van der Waals surface area contributed by atoms with Gasteiger partial charge in [-0.05, 0) is 12.1 Å². The van der Waals surface area contributed by atoms with Crippen LogP contribution in [0.1, 0.15) is 10.4 Å². The maximum absolute atomic E-state index is 11.7. The van der Waals surface area contributed by atoms with Gasteiger partial charge in [0.25, 0.3) is 0 Å². The number of benzene rings is 1. The minimum Gasteiger partial charge on any atom is -0.461 e. The summed E-state index contributed by atoms with van der Waals surface area (Å²) >= 11 is 0. The van der Waals surface area contributed by atoms with E-state index in [2.05, 4.69) is 4.98 Å². The van der Waals surface area contributed by atoms with Gasteiger partial charge < -0.3 is 10.5 Å². The van der Waals surface area contributed by atoms with Crippen molar-refractivity contribution in [2.75, 3.05) is 13.2 Å². The molecule has 1 aromatic carbocycles. The minimum atomic E-state index is -0.380. The van der Waals surface area contributed by atoms with Crippen LogP contribution in [0.4, 0.5) is 0 Å². The molecule has 0 aliphatic heterocycles. The van der Waals surface area contributed by atoms with E-state index in [-0.39, 0.29) is 12.6 Å². The number of para-hydroxylation sites is 1. The first-order chi connectivity index (χ1) is 7.83. The molecule has 1 aromatic heterocycles. The average Bonchev–Trinajstić information content (AvgIpc) is 2.35. The van der Waals surface area contributed by atoms with Crippen molar-refractivity contribution in [1.82, 2.24) is 4.98 Å². The smallest absolute Gasteiger partial charge is 0.340 e. The van der Waals surface area contributed by atoms with Gasteiger partial charge in [-0.25, -0.2) is 4.79 Å². The Morgan fingerprint density at radius 3 is 2.94 bits per heavy atom. The summed E-state index contributed by atoms with van der Waals surface area (Å²) in [6, 6.07) is 9.15. The Labute approximate surface area is 93.0 Å². The van der Waals surface area contributed by atoms with E-state index in [0.717, 1.165) is 5.39 Å². The second-order valence-corrected chi connectivity index (χ2v) is 3.31. The van der Waals surface area contributed by atoms with E-state index in [1.54, 1.807) is 12.3 Å². The van der Waals surface area contributed by atoms with Crippen molar-refractivity contribution < 1.29 is 9.53 Å². The van der Waals surface area contributed by atoms with Crippen LogP contribution in [0.3, 0.4) is 0 Å². The van der Waals surface area contributed by atoms with E-state index in [1.807, 2.05) is 24.3 Å². The first-order valence-corrected chi connectivity index (χ1v) is 5.04. The number of carbonyl (C=O) groups excluding carboxylic acids is 1. The number of nitrogens with two attached hydrogens (primary N) is 1. The zero-order valence-electron chi connectivity index (χ0n) is 8.72. The van der Waals surface area contributed by atoms with Gasteiger partial charge in [0.05, 0.1) is 11.1 Å². The highest BCUT2D eigenvalue weighted by atomic mass is 16.5. The number of rotatable bonds is 3. The molecule has 4 heteroatoms. The molecule has 2 aromatic rings. The zero-order chi connectivity index (χ0) is 11.4. The summed E-state index contributed by atoms with van der Waals surface area (Å²) in [4.78, 5) is 15.9. The summed E-state index contributed by atoms with van der Waals surface area (Å²) < 4.78 is 4.98. The Balaban J connectivity index is 2.40. The van der Waals surface area contributed by atoms with E-state index in [9.17, 15) is 4.79 Å². The van der Waals surface area contributed by atoms with E-state index in [1.165, 1.54) is 0 Å². The van der Waals surface area contributed by atoms with Crippen LogP contribution < -0.4 is 5.73 Å². The molecular formula is C12H12N2O2. The Kier molecular flexibility index (Phi) is 3.12. The number of pyridine rings is 1. The molecule has 0 spiro atoms. The van der Waals surface area contributed by atoms with E-state index in [0.29, 0.717) is 17.6 Å². The Hall–Kier alpha value is -1.94. The van der Waals surface area contributed by atoms with Gasteiger partial charge in [0.2, 0.25) is 0 Å². The van der Waals surface area contributed by atoms with Crippen LogP contribution in [0.5, 0.6) is 0 Å². The van der Waals surface area contributed by atoms with Gasteiger partial charge in [0, 0.05) is 18.1 Å². The molecule has 16 heavy (non-hydrogen) atoms. The molecular weight excluding hydrogens is 204 g/mol. The first kappa shape index (κ1) is 10.6. The molecule has 0 aliphatic carbocycles. The van der Waals surface area contributed by atoms with Gasteiger partial charge in [-0.2, -0.15) is 0 Å². The van der Waals surface area contributed by atoms with Gasteiger partial charge in [-0.15, -0.1) is 0 Å². The van der Waals surface area contributed by atoms with Crippen molar-refractivity contribution in [3.8, 4) is 0 Å². The number of nitrogens with zero attached hydrogens (tertiary/aromatic N) is 1. The molecule has 0 fully saturated rings. The molecule has 1 heterocycles. The topological polar surface area (TPSA) is 65.2 Å². The third kappa shape index (κ3) is 2.01. The maximum atomic E-state index is 11.7. The zero-order valence-corrected chi connectivity index (χ0v) is 8.72. The molecule has 0 amide bonds. The molecule has 0 atom stereocenters. The van der Waals surface area contributed by atoms with Crippen molar-refractivity contribution >= 4 is 16.9 Å². The van der Waals surface area contributed by atoms with Crippen LogP contribution in [0.15, 0.2) is 36.5 Å². The molecule has 82 valence electrons. The highest BCUT2D eigenvalue weighted by Crippen LogP contribution is 2.16. The molecule has 4 nitrogen and oxygen atoms in total. The molecule has 0 unspecified atom stereocenters. The van der Waals surface area contributed by atoms with Gasteiger partial charge in [0.15, 0.2) is 0 Å². The highest BCUT2D eigenvalue weighted by Gasteiger charge is 2.11. The van der Waals surface area contributed by atoms with Crippen LogP contribution >= 0.6 is 0 Å². The van der Waals surface area contributed by atoms with Crippen LogP contribution in [0.2, 0.25) is 0 Å². The molecule has 2 N–H and O–H groups in total. The number of esters is 1. The predicted octanol–water partition coefficient (Wildman–Crippen LogP) is 1.35. The van der Waals surface area contributed by atoms with Crippen molar-refractivity contribution in [2.24, 2.45) is 5.73 Å². The number of aromatic nitrogens is 1. The summed E-state index contributed by atoms with van der Waals surface area (Å²) in [5, 5.41) is 0.921. The lowest BCUT2D eigenvalue weighted by molar-refractivity contribution is 0.0519. The molecule has 0 aliphatic rings. The van der Waals surface area contributed by atoms with Crippen molar-refractivity contribution in [1.29, 1.82) is 0 Å². The number of ether oxygens (including phenoxy) is 1. The second kappa shape index (κ2) is 4.72. The van der Waals surface area contributed by atoms with E-state index >= 15 is 0 Å². The van der Waals surface area contributed by atoms with Crippen LogP contribution in [-0.2, 0) is 4.74 Å². The second-order valence-electron chi connectivity index (χ2n) is 3.31. The molecule has 0 saturated carbocycles. The number of hydrogen-bond acceptors (Lipinski definition) is 4. The monoisotopic (exact) mass is 216 g/mol. The quantitative estimate of drug-likeness (QED) is 0.786. The summed E-state index contributed by atoms with van der Waals surface area (Å²) in [6.45, 7) is 0.548. The van der Waals surface area contributed by atoms with Crippen LogP contribution in [0.25, 0.3) is 10.9 Å². The Morgan fingerprint density at radius 1 is 1.31 bits per heavy atom. The lowest BCUT2D eigenvalue weighted by Crippen LogP contribution is -2.14. The summed E-state index contributed by atoms with van der Waals surface area (Å²) in [5.41, 5.74) is 6.41. The van der Waals surface area contributed by atoms with E-state index < -0.39 is 0 Å². The summed E-state index contributed by atoms with van der Waals surface area (Å²) in [6.07, 6.45) is 1.65. The summed E-state index contributed by atoms with van der Waals surface area (Å²) in [5.74, 6) is -0.380.